The number of rotatable bonds is 4. The molecule has 1 amide bonds. The molecule has 3 rings (SSSR count). The lowest BCUT2D eigenvalue weighted by Crippen LogP contribution is -2.46. The van der Waals surface area contributed by atoms with Crippen molar-refractivity contribution in [1.82, 2.24) is 5.32 Å². The van der Waals surface area contributed by atoms with Gasteiger partial charge in [-0.15, -0.1) is 0 Å². The topological polar surface area (TPSA) is 64.4 Å². The molecule has 126 valence electrons. The largest absolute Gasteiger partial charge is 0.381 e. The zero-order valence-corrected chi connectivity index (χ0v) is 14.1. The van der Waals surface area contributed by atoms with E-state index in [9.17, 15) is 4.79 Å². The molecule has 1 aliphatic carbocycles. The Morgan fingerprint density at radius 3 is 2.70 bits per heavy atom. The summed E-state index contributed by atoms with van der Waals surface area (Å²) in [6, 6.07) is 8.12. The van der Waals surface area contributed by atoms with Gasteiger partial charge >= 0.3 is 0 Å². The van der Waals surface area contributed by atoms with E-state index in [1.165, 1.54) is 0 Å². The smallest absolute Gasteiger partial charge is 0.223 e. The van der Waals surface area contributed by atoms with Crippen molar-refractivity contribution in [2.45, 2.75) is 43.6 Å². The molecule has 1 saturated carbocycles. The lowest BCUT2D eigenvalue weighted by atomic mass is 9.74. The summed E-state index contributed by atoms with van der Waals surface area (Å²) in [6.07, 6.45) is 4.40. The van der Waals surface area contributed by atoms with Crippen LogP contribution in [0.1, 0.15) is 37.7 Å². The Labute approximate surface area is 142 Å². The molecule has 4 nitrogen and oxygen atoms in total. The fourth-order valence-corrected chi connectivity index (χ4v) is 4.19. The van der Waals surface area contributed by atoms with Crippen molar-refractivity contribution in [3.05, 3.63) is 34.9 Å². The summed E-state index contributed by atoms with van der Waals surface area (Å²) in [6.45, 7) is 2.02. The molecule has 2 aliphatic rings. The van der Waals surface area contributed by atoms with Gasteiger partial charge in [-0.1, -0.05) is 29.8 Å². The Balaban J connectivity index is 1.72. The second kappa shape index (κ2) is 7.20. The molecule has 1 aliphatic heterocycles. The van der Waals surface area contributed by atoms with Crippen molar-refractivity contribution in [3.63, 3.8) is 0 Å². The number of halogens is 1. The molecular formula is C18H25ClN2O2. The highest BCUT2D eigenvalue weighted by atomic mass is 35.5. The molecule has 1 saturated heterocycles. The van der Waals surface area contributed by atoms with Crippen LogP contribution < -0.4 is 11.1 Å². The van der Waals surface area contributed by atoms with Gasteiger partial charge in [-0.3, -0.25) is 4.79 Å². The van der Waals surface area contributed by atoms with E-state index in [1.807, 2.05) is 18.2 Å². The molecule has 2 unspecified atom stereocenters. The van der Waals surface area contributed by atoms with Crippen LogP contribution in [-0.2, 0) is 14.9 Å². The van der Waals surface area contributed by atoms with Gasteiger partial charge < -0.3 is 15.8 Å². The summed E-state index contributed by atoms with van der Waals surface area (Å²) < 4.78 is 5.53. The van der Waals surface area contributed by atoms with Gasteiger partial charge in [0.25, 0.3) is 0 Å². The molecule has 5 heteroatoms. The average molecular weight is 337 g/mol. The first-order chi connectivity index (χ1) is 11.1. The summed E-state index contributed by atoms with van der Waals surface area (Å²) in [4.78, 5) is 12.5. The second-order valence-corrected chi connectivity index (χ2v) is 7.27. The van der Waals surface area contributed by atoms with Gasteiger partial charge in [0.05, 0.1) is 0 Å². The van der Waals surface area contributed by atoms with E-state index < -0.39 is 0 Å². The molecule has 0 spiro atoms. The van der Waals surface area contributed by atoms with Crippen LogP contribution in [0.25, 0.3) is 0 Å². The minimum atomic E-state index is -0.132. The lowest BCUT2D eigenvalue weighted by Gasteiger charge is -2.38. The van der Waals surface area contributed by atoms with Crippen LogP contribution >= 0.6 is 11.6 Å². The molecule has 2 atom stereocenters. The van der Waals surface area contributed by atoms with Gasteiger partial charge in [0, 0.05) is 42.2 Å². The fraction of sp³-hybridized carbons (Fsp3) is 0.611. The van der Waals surface area contributed by atoms with Crippen LogP contribution in [0.4, 0.5) is 0 Å². The number of carbonyl (C=O) groups excluding carboxylic acids is 1. The molecule has 0 radical (unpaired) electrons. The first-order valence-corrected chi connectivity index (χ1v) is 8.84. The third-order valence-electron chi connectivity index (χ3n) is 5.34. The minimum Gasteiger partial charge on any atom is -0.381 e. The molecule has 0 aromatic heterocycles. The molecule has 2 fully saturated rings. The first kappa shape index (κ1) is 16.7. The Morgan fingerprint density at radius 2 is 2.04 bits per heavy atom. The zero-order chi connectivity index (χ0) is 16.3. The molecule has 3 N–H and O–H groups in total. The highest BCUT2D eigenvalue weighted by Crippen LogP contribution is 2.38. The van der Waals surface area contributed by atoms with Crippen LogP contribution in [-0.4, -0.2) is 31.7 Å². The van der Waals surface area contributed by atoms with E-state index in [-0.39, 0.29) is 23.3 Å². The highest BCUT2D eigenvalue weighted by Gasteiger charge is 2.37. The number of nitrogens with two attached hydrogens (primary N) is 1. The number of nitrogens with one attached hydrogen (secondary N) is 1. The van der Waals surface area contributed by atoms with E-state index in [2.05, 4.69) is 11.4 Å². The summed E-state index contributed by atoms with van der Waals surface area (Å²) in [5, 5.41) is 3.94. The Kier molecular flexibility index (Phi) is 5.24. The van der Waals surface area contributed by atoms with Crippen LogP contribution in [0.15, 0.2) is 24.3 Å². The summed E-state index contributed by atoms with van der Waals surface area (Å²) in [5.74, 6) is 0.198. The van der Waals surface area contributed by atoms with Gasteiger partial charge in [0.2, 0.25) is 5.91 Å². The monoisotopic (exact) mass is 336 g/mol. The number of carbonyl (C=O) groups is 1. The van der Waals surface area contributed by atoms with E-state index in [0.29, 0.717) is 19.8 Å². The Morgan fingerprint density at radius 1 is 1.30 bits per heavy atom. The van der Waals surface area contributed by atoms with Crippen LogP contribution in [0.5, 0.6) is 0 Å². The first-order valence-electron chi connectivity index (χ1n) is 8.47. The molecule has 1 heterocycles. The van der Waals surface area contributed by atoms with Gasteiger partial charge in [-0.2, -0.15) is 0 Å². The van der Waals surface area contributed by atoms with Crippen molar-refractivity contribution in [2.24, 2.45) is 11.7 Å². The van der Waals surface area contributed by atoms with Gasteiger partial charge in [0.15, 0.2) is 0 Å². The zero-order valence-electron chi connectivity index (χ0n) is 13.4. The normalized spacial score (nSPS) is 26.9. The van der Waals surface area contributed by atoms with Crippen molar-refractivity contribution in [2.75, 3.05) is 19.8 Å². The maximum atomic E-state index is 12.5. The van der Waals surface area contributed by atoms with E-state index in [1.54, 1.807) is 0 Å². The number of ether oxygens (including phenoxy) is 1. The van der Waals surface area contributed by atoms with Gasteiger partial charge in [-0.25, -0.2) is 0 Å². The number of hydrogen-bond donors (Lipinski definition) is 2. The van der Waals surface area contributed by atoms with E-state index in [4.69, 9.17) is 22.1 Å². The molecular weight excluding hydrogens is 312 g/mol. The molecule has 23 heavy (non-hydrogen) atoms. The van der Waals surface area contributed by atoms with E-state index in [0.717, 1.165) is 42.7 Å². The van der Waals surface area contributed by atoms with Gasteiger partial charge in [-0.05, 0) is 43.7 Å². The Hall–Kier alpha value is -1.10. The van der Waals surface area contributed by atoms with Crippen LogP contribution in [0, 0.1) is 5.92 Å². The summed E-state index contributed by atoms with van der Waals surface area (Å²) in [7, 11) is 0. The Bertz CT molecular complexity index is 558. The third-order valence-corrected chi connectivity index (χ3v) is 5.67. The fourth-order valence-electron chi connectivity index (χ4n) is 3.85. The second-order valence-electron chi connectivity index (χ2n) is 6.86. The van der Waals surface area contributed by atoms with E-state index >= 15 is 0 Å². The van der Waals surface area contributed by atoms with Crippen molar-refractivity contribution < 1.29 is 9.53 Å². The van der Waals surface area contributed by atoms with Crippen molar-refractivity contribution in [3.8, 4) is 0 Å². The number of amides is 1. The quantitative estimate of drug-likeness (QED) is 0.888. The van der Waals surface area contributed by atoms with Crippen LogP contribution in [0.3, 0.4) is 0 Å². The predicted octanol–water partition coefficient (Wildman–Crippen LogP) is 2.63. The highest BCUT2D eigenvalue weighted by molar-refractivity contribution is 6.31. The standard InChI is InChI=1S/C18H25ClN2O2/c19-16-4-2-1-3-15(16)18(7-9-23-10-8-18)12-21-17(22)13-5-6-14(20)11-13/h1-4,13-14H,5-12,20H2,(H,21,22). The maximum absolute atomic E-state index is 12.5. The van der Waals surface area contributed by atoms with Crippen LogP contribution in [0.2, 0.25) is 5.02 Å². The van der Waals surface area contributed by atoms with Crippen molar-refractivity contribution in [1.29, 1.82) is 0 Å². The molecule has 0 bridgehead atoms. The molecule has 1 aromatic rings. The van der Waals surface area contributed by atoms with Crippen molar-refractivity contribution >= 4 is 17.5 Å². The number of benzene rings is 1. The lowest BCUT2D eigenvalue weighted by molar-refractivity contribution is -0.125. The van der Waals surface area contributed by atoms with Gasteiger partial charge in [0.1, 0.15) is 0 Å². The SMILES string of the molecule is NC1CCC(C(=O)NCC2(c3ccccc3Cl)CCOCC2)C1. The summed E-state index contributed by atoms with van der Waals surface area (Å²) in [5.41, 5.74) is 6.91. The predicted molar refractivity (Wildman–Crippen MR) is 91.5 cm³/mol. The summed E-state index contributed by atoms with van der Waals surface area (Å²) >= 11 is 6.44. The minimum absolute atomic E-state index is 0.0631. The maximum Gasteiger partial charge on any atom is 0.223 e. The number of hydrogen-bond acceptors (Lipinski definition) is 3. The third kappa shape index (κ3) is 3.70. The average Bonchev–Trinajstić information content (AvgIpc) is 3.00. The molecule has 1 aromatic carbocycles.